The highest BCUT2D eigenvalue weighted by molar-refractivity contribution is 6.33. The van der Waals surface area contributed by atoms with Crippen LogP contribution >= 0.6 is 11.6 Å². The van der Waals surface area contributed by atoms with Gasteiger partial charge < -0.3 is 24.8 Å². The highest BCUT2D eigenvalue weighted by Crippen LogP contribution is 2.36. The van der Waals surface area contributed by atoms with Crippen molar-refractivity contribution in [1.29, 1.82) is 0 Å². The van der Waals surface area contributed by atoms with Crippen molar-refractivity contribution in [3.8, 4) is 28.4 Å². The van der Waals surface area contributed by atoms with Crippen molar-refractivity contribution in [2.24, 2.45) is 0 Å². The number of hydrogen-bond donors (Lipinski definition) is 2. The van der Waals surface area contributed by atoms with E-state index < -0.39 is 0 Å². The summed E-state index contributed by atoms with van der Waals surface area (Å²) in [7, 11) is 4.07. The molecule has 0 saturated carbocycles. The van der Waals surface area contributed by atoms with Crippen molar-refractivity contribution < 1.29 is 9.26 Å². The number of likely N-dealkylation sites (N-methyl/N-ethyl adjacent to an activating group) is 1. The number of nitrogens with one attached hydrogen (secondary N) is 2. The fourth-order valence-electron chi connectivity index (χ4n) is 4.29. The molecule has 1 aliphatic rings. The standard InChI is InChI=1S/C25H33ClN6O2/c1-15-23(22-16(2)31-34-17(22)3)29-25(30-24(15)28-18-9-11-32(5)14-18)20-13-19(7-8-21(20)26)33-12-6-10-27-4/h7-8,13,18,27H,6,9-12,14H2,1-5H3,(H,28,29,30). The fourth-order valence-corrected chi connectivity index (χ4v) is 4.49. The summed E-state index contributed by atoms with van der Waals surface area (Å²) >= 11 is 6.63. The molecule has 4 rings (SSSR count). The highest BCUT2D eigenvalue weighted by atomic mass is 35.5. The van der Waals surface area contributed by atoms with E-state index in [0.717, 1.165) is 77.9 Å². The van der Waals surface area contributed by atoms with Gasteiger partial charge in [-0.25, -0.2) is 9.97 Å². The minimum Gasteiger partial charge on any atom is -0.494 e. The van der Waals surface area contributed by atoms with Crippen LogP contribution in [0.15, 0.2) is 22.7 Å². The maximum absolute atomic E-state index is 6.63. The first kappa shape index (κ1) is 24.4. The van der Waals surface area contributed by atoms with Crippen LogP contribution in [0, 0.1) is 20.8 Å². The molecule has 1 fully saturated rings. The number of ether oxygens (including phenoxy) is 1. The maximum Gasteiger partial charge on any atom is 0.163 e. The molecule has 3 heterocycles. The van der Waals surface area contributed by atoms with Gasteiger partial charge in [0.1, 0.15) is 17.3 Å². The Hall–Kier alpha value is -2.68. The minimum atomic E-state index is 0.321. The van der Waals surface area contributed by atoms with Crippen molar-refractivity contribution >= 4 is 17.4 Å². The Labute approximate surface area is 206 Å². The largest absolute Gasteiger partial charge is 0.494 e. The SMILES string of the molecule is CNCCCOc1ccc(Cl)c(-c2nc(NC3CCN(C)C3)c(C)c(-c3c(C)noc3C)n2)c1. The number of rotatable bonds is 9. The lowest BCUT2D eigenvalue weighted by atomic mass is 10.0. The molecular formula is C25H33ClN6O2. The van der Waals surface area contributed by atoms with Crippen molar-refractivity contribution in [2.75, 3.05) is 45.7 Å². The lowest BCUT2D eigenvalue weighted by molar-refractivity contribution is 0.310. The van der Waals surface area contributed by atoms with E-state index in [9.17, 15) is 0 Å². The topological polar surface area (TPSA) is 88.3 Å². The Morgan fingerprint density at radius 2 is 2.06 bits per heavy atom. The molecule has 3 aromatic rings. The van der Waals surface area contributed by atoms with Crippen LogP contribution in [0.3, 0.4) is 0 Å². The van der Waals surface area contributed by atoms with Gasteiger partial charge >= 0.3 is 0 Å². The molecule has 0 spiro atoms. The molecule has 0 amide bonds. The van der Waals surface area contributed by atoms with Crippen LogP contribution in [0.4, 0.5) is 5.82 Å². The molecular weight excluding hydrogens is 452 g/mol. The molecule has 1 atom stereocenters. The summed E-state index contributed by atoms with van der Waals surface area (Å²) < 4.78 is 11.4. The Balaban J connectivity index is 1.76. The molecule has 1 aromatic carbocycles. The average Bonchev–Trinajstić information content (AvgIpc) is 3.38. The first-order chi connectivity index (χ1) is 16.4. The van der Waals surface area contributed by atoms with Crippen LogP contribution in [-0.4, -0.2) is 66.4 Å². The molecule has 0 aliphatic carbocycles. The zero-order chi connectivity index (χ0) is 24.2. The number of aromatic nitrogens is 3. The Kier molecular flexibility index (Phi) is 7.70. The summed E-state index contributed by atoms with van der Waals surface area (Å²) in [5.74, 6) is 2.81. The first-order valence-electron chi connectivity index (χ1n) is 11.7. The van der Waals surface area contributed by atoms with Gasteiger partial charge in [0.2, 0.25) is 0 Å². The van der Waals surface area contributed by atoms with Crippen LogP contribution in [0.25, 0.3) is 22.6 Å². The predicted molar refractivity (Wildman–Crippen MR) is 136 cm³/mol. The fraction of sp³-hybridized carbons (Fsp3) is 0.480. The van der Waals surface area contributed by atoms with E-state index in [0.29, 0.717) is 23.5 Å². The molecule has 0 bridgehead atoms. The molecule has 2 aromatic heterocycles. The van der Waals surface area contributed by atoms with Crippen LogP contribution in [-0.2, 0) is 0 Å². The second-order valence-corrected chi connectivity index (χ2v) is 9.32. The molecule has 1 unspecified atom stereocenters. The number of aryl methyl sites for hydroxylation is 2. The number of nitrogens with zero attached hydrogens (tertiary/aromatic N) is 4. The van der Waals surface area contributed by atoms with Gasteiger partial charge in [-0.1, -0.05) is 16.8 Å². The molecule has 0 radical (unpaired) electrons. The van der Waals surface area contributed by atoms with E-state index >= 15 is 0 Å². The van der Waals surface area contributed by atoms with E-state index in [2.05, 4.69) is 27.7 Å². The van der Waals surface area contributed by atoms with E-state index in [-0.39, 0.29) is 0 Å². The molecule has 8 nitrogen and oxygen atoms in total. The second-order valence-electron chi connectivity index (χ2n) is 8.91. The number of halogens is 1. The van der Waals surface area contributed by atoms with E-state index in [1.54, 1.807) is 0 Å². The van der Waals surface area contributed by atoms with Crippen LogP contribution in [0.1, 0.15) is 29.9 Å². The molecule has 1 aliphatic heterocycles. The van der Waals surface area contributed by atoms with Gasteiger partial charge in [0.25, 0.3) is 0 Å². The summed E-state index contributed by atoms with van der Waals surface area (Å²) in [5.41, 5.74) is 4.18. The number of likely N-dealkylation sites (tertiary alicyclic amines) is 1. The molecule has 2 N–H and O–H groups in total. The summed E-state index contributed by atoms with van der Waals surface area (Å²) in [6.07, 6.45) is 1.97. The first-order valence-corrected chi connectivity index (χ1v) is 12.1. The Morgan fingerprint density at radius 3 is 2.74 bits per heavy atom. The van der Waals surface area contributed by atoms with Crippen LogP contribution in [0.5, 0.6) is 5.75 Å². The van der Waals surface area contributed by atoms with Crippen molar-refractivity contribution in [2.45, 2.75) is 39.7 Å². The van der Waals surface area contributed by atoms with Gasteiger partial charge in [-0.05, 0) is 79.0 Å². The third-order valence-electron chi connectivity index (χ3n) is 6.17. The normalized spacial score (nSPS) is 16.2. The average molecular weight is 485 g/mol. The molecule has 182 valence electrons. The zero-order valence-electron chi connectivity index (χ0n) is 20.5. The smallest absolute Gasteiger partial charge is 0.163 e. The lowest BCUT2D eigenvalue weighted by Crippen LogP contribution is -2.24. The van der Waals surface area contributed by atoms with Gasteiger partial charge in [0.15, 0.2) is 5.82 Å². The van der Waals surface area contributed by atoms with Crippen molar-refractivity contribution in [3.05, 3.63) is 40.2 Å². The maximum atomic E-state index is 6.63. The molecule has 34 heavy (non-hydrogen) atoms. The minimum absolute atomic E-state index is 0.321. The van der Waals surface area contributed by atoms with Gasteiger partial charge in [0.05, 0.1) is 28.6 Å². The van der Waals surface area contributed by atoms with Gasteiger partial charge in [-0.3, -0.25) is 0 Å². The van der Waals surface area contributed by atoms with Gasteiger partial charge in [0, 0.05) is 23.7 Å². The number of benzene rings is 1. The molecule has 9 heteroatoms. The van der Waals surface area contributed by atoms with E-state index in [1.165, 1.54) is 0 Å². The van der Waals surface area contributed by atoms with Crippen molar-refractivity contribution in [1.82, 2.24) is 25.3 Å². The predicted octanol–water partition coefficient (Wildman–Crippen LogP) is 4.48. The number of anilines is 1. The summed E-state index contributed by atoms with van der Waals surface area (Å²) in [5, 5.41) is 11.5. The Bertz CT molecular complexity index is 1130. The van der Waals surface area contributed by atoms with Crippen molar-refractivity contribution in [3.63, 3.8) is 0 Å². The number of hydrogen-bond acceptors (Lipinski definition) is 8. The third-order valence-corrected chi connectivity index (χ3v) is 6.50. The summed E-state index contributed by atoms with van der Waals surface area (Å²) in [4.78, 5) is 12.2. The zero-order valence-corrected chi connectivity index (χ0v) is 21.3. The van der Waals surface area contributed by atoms with E-state index in [4.69, 9.17) is 30.8 Å². The molecule has 1 saturated heterocycles. The second kappa shape index (κ2) is 10.7. The highest BCUT2D eigenvalue weighted by Gasteiger charge is 2.24. The van der Waals surface area contributed by atoms with Crippen LogP contribution in [0.2, 0.25) is 5.02 Å². The summed E-state index contributed by atoms with van der Waals surface area (Å²) in [6, 6.07) is 5.95. The summed E-state index contributed by atoms with van der Waals surface area (Å²) in [6.45, 7) is 9.41. The third kappa shape index (κ3) is 5.35. The van der Waals surface area contributed by atoms with Crippen LogP contribution < -0.4 is 15.4 Å². The lowest BCUT2D eigenvalue weighted by Gasteiger charge is -2.19. The van der Waals surface area contributed by atoms with Gasteiger partial charge in [-0.15, -0.1) is 0 Å². The van der Waals surface area contributed by atoms with Gasteiger partial charge in [-0.2, -0.15) is 0 Å². The monoisotopic (exact) mass is 484 g/mol. The van der Waals surface area contributed by atoms with E-state index in [1.807, 2.05) is 46.0 Å². The Morgan fingerprint density at radius 1 is 1.24 bits per heavy atom. The quantitative estimate of drug-likeness (QED) is 0.430.